The number of carbonyl (C=O) groups excluding carboxylic acids is 2. The highest BCUT2D eigenvalue weighted by Gasteiger charge is 2.10. The summed E-state index contributed by atoms with van der Waals surface area (Å²) in [5.74, 6) is 0.0295. The summed E-state index contributed by atoms with van der Waals surface area (Å²) in [6, 6.07) is 11.7. The maximum absolute atomic E-state index is 11.6. The van der Waals surface area contributed by atoms with Crippen LogP contribution in [0.25, 0.3) is 0 Å². The number of amides is 1. The molecular weight excluding hydrogens is 318 g/mol. The third-order valence-electron chi connectivity index (χ3n) is 2.77. The quantitative estimate of drug-likeness (QED) is 0.480. The minimum Gasteiger partial charge on any atom is -0.451 e. The lowest BCUT2D eigenvalue weighted by atomic mass is 10.2. The molecule has 0 aliphatic heterocycles. The van der Waals surface area contributed by atoms with Crippen molar-refractivity contribution in [2.24, 2.45) is 0 Å². The van der Waals surface area contributed by atoms with Crippen molar-refractivity contribution in [3.05, 3.63) is 52.2 Å². The molecule has 6 heteroatoms. The zero-order chi connectivity index (χ0) is 15.8. The van der Waals surface area contributed by atoms with E-state index in [2.05, 4.69) is 29.6 Å². The fraction of sp³-hybridized carbons (Fsp3) is 0.250. The van der Waals surface area contributed by atoms with E-state index in [1.54, 1.807) is 29.3 Å². The van der Waals surface area contributed by atoms with Gasteiger partial charge in [-0.1, -0.05) is 23.8 Å². The summed E-state index contributed by atoms with van der Waals surface area (Å²) in [5, 5.41) is 4.52. The Balaban J connectivity index is 1.59. The zero-order valence-corrected chi connectivity index (χ0v) is 13.8. The maximum atomic E-state index is 11.6. The lowest BCUT2D eigenvalue weighted by molar-refractivity contribution is -0.124. The van der Waals surface area contributed by atoms with Crippen LogP contribution >= 0.6 is 23.1 Å². The molecule has 116 valence electrons. The Labute approximate surface area is 137 Å². The Morgan fingerprint density at radius 3 is 2.68 bits per heavy atom. The third-order valence-corrected chi connectivity index (χ3v) is 4.63. The van der Waals surface area contributed by atoms with E-state index >= 15 is 0 Å². The molecule has 0 fully saturated rings. The number of benzene rings is 1. The fourth-order valence-corrected chi connectivity index (χ4v) is 3.03. The molecule has 0 saturated carbocycles. The monoisotopic (exact) mass is 335 g/mol. The van der Waals surface area contributed by atoms with Gasteiger partial charge in [0.2, 0.25) is 0 Å². The third kappa shape index (κ3) is 5.54. The van der Waals surface area contributed by atoms with Crippen LogP contribution < -0.4 is 5.32 Å². The van der Waals surface area contributed by atoms with Gasteiger partial charge in [-0.3, -0.25) is 4.79 Å². The van der Waals surface area contributed by atoms with E-state index < -0.39 is 5.97 Å². The van der Waals surface area contributed by atoms with Crippen LogP contribution in [0.4, 0.5) is 0 Å². The summed E-state index contributed by atoms with van der Waals surface area (Å²) in [5.41, 5.74) is 1.23. The number of esters is 1. The van der Waals surface area contributed by atoms with E-state index in [-0.39, 0.29) is 12.5 Å². The predicted octanol–water partition coefficient (Wildman–Crippen LogP) is 3.12. The molecule has 1 amide bonds. The normalized spacial score (nSPS) is 10.2. The van der Waals surface area contributed by atoms with Crippen molar-refractivity contribution in [3.8, 4) is 0 Å². The second-order valence-electron chi connectivity index (χ2n) is 4.56. The van der Waals surface area contributed by atoms with Crippen LogP contribution in [0.3, 0.4) is 0 Å². The van der Waals surface area contributed by atoms with Crippen molar-refractivity contribution in [3.63, 3.8) is 0 Å². The van der Waals surface area contributed by atoms with Crippen LogP contribution in [-0.2, 0) is 9.53 Å². The van der Waals surface area contributed by atoms with E-state index in [4.69, 9.17) is 4.74 Å². The first-order chi connectivity index (χ1) is 10.6. The van der Waals surface area contributed by atoms with Crippen LogP contribution in [0.5, 0.6) is 0 Å². The summed E-state index contributed by atoms with van der Waals surface area (Å²) in [6.45, 7) is 2.34. The smallest absolute Gasteiger partial charge is 0.348 e. The molecule has 1 aromatic carbocycles. The van der Waals surface area contributed by atoms with Gasteiger partial charge < -0.3 is 10.1 Å². The highest BCUT2D eigenvalue weighted by atomic mass is 32.2. The number of nitrogens with one attached hydrogen (secondary N) is 1. The van der Waals surface area contributed by atoms with Gasteiger partial charge in [0.05, 0.1) is 0 Å². The maximum Gasteiger partial charge on any atom is 0.348 e. The van der Waals surface area contributed by atoms with Crippen molar-refractivity contribution >= 4 is 35.0 Å². The molecule has 0 aliphatic carbocycles. The van der Waals surface area contributed by atoms with Gasteiger partial charge in [-0.2, -0.15) is 0 Å². The largest absolute Gasteiger partial charge is 0.451 e. The number of rotatable bonds is 7. The topological polar surface area (TPSA) is 55.4 Å². The predicted molar refractivity (Wildman–Crippen MR) is 89.5 cm³/mol. The number of ether oxygens (including phenoxy) is 1. The molecule has 0 bridgehead atoms. The van der Waals surface area contributed by atoms with Gasteiger partial charge in [-0.15, -0.1) is 23.1 Å². The standard InChI is InChI=1S/C16H17NO3S2/c1-12-4-6-13(7-5-12)21-10-8-17-15(18)11-20-16(19)14-3-2-9-22-14/h2-7,9H,8,10-11H2,1H3,(H,17,18). The molecule has 1 aromatic heterocycles. The summed E-state index contributed by atoms with van der Waals surface area (Å²) >= 11 is 2.97. The second-order valence-corrected chi connectivity index (χ2v) is 6.68. The summed E-state index contributed by atoms with van der Waals surface area (Å²) in [7, 11) is 0. The average Bonchev–Trinajstić information content (AvgIpc) is 3.05. The fourth-order valence-electron chi connectivity index (χ4n) is 1.64. The van der Waals surface area contributed by atoms with Crippen LogP contribution in [0, 0.1) is 6.92 Å². The van der Waals surface area contributed by atoms with Crippen LogP contribution in [0.15, 0.2) is 46.7 Å². The van der Waals surface area contributed by atoms with Gasteiger partial charge in [0.1, 0.15) is 4.88 Å². The highest BCUT2D eigenvalue weighted by molar-refractivity contribution is 7.99. The first kappa shape index (κ1) is 16.6. The van der Waals surface area contributed by atoms with Gasteiger partial charge in [0.25, 0.3) is 5.91 Å². The van der Waals surface area contributed by atoms with Gasteiger partial charge in [0, 0.05) is 17.2 Å². The van der Waals surface area contributed by atoms with Crippen LogP contribution in [0.1, 0.15) is 15.2 Å². The number of carbonyl (C=O) groups is 2. The van der Waals surface area contributed by atoms with E-state index in [0.717, 1.165) is 5.75 Å². The van der Waals surface area contributed by atoms with Gasteiger partial charge in [-0.25, -0.2) is 4.79 Å². The average molecular weight is 335 g/mol. The molecule has 0 unspecified atom stereocenters. The van der Waals surface area contributed by atoms with Crippen molar-refractivity contribution < 1.29 is 14.3 Å². The molecule has 1 N–H and O–H groups in total. The van der Waals surface area contributed by atoms with E-state index in [9.17, 15) is 9.59 Å². The van der Waals surface area contributed by atoms with E-state index in [1.807, 2.05) is 6.92 Å². The number of hydrogen-bond acceptors (Lipinski definition) is 5. The van der Waals surface area contributed by atoms with Gasteiger partial charge >= 0.3 is 5.97 Å². The summed E-state index contributed by atoms with van der Waals surface area (Å²) in [4.78, 5) is 24.8. The zero-order valence-electron chi connectivity index (χ0n) is 12.2. The molecule has 0 aliphatic rings. The van der Waals surface area contributed by atoms with Crippen molar-refractivity contribution in [1.82, 2.24) is 5.32 Å². The summed E-state index contributed by atoms with van der Waals surface area (Å²) < 4.78 is 4.93. The highest BCUT2D eigenvalue weighted by Crippen LogP contribution is 2.17. The van der Waals surface area contributed by atoms with E-state index in [0.29, 0.717) is 11.4 Å². The Hall–Kier alpha value is -1.79. The molecule has 4 nitrogen and oxygen atoms in total. The summed E-state index contributed by atoms with van der Waals surface area (Å²) in [6.07, 6.45) is 0. The first-order valence-corrected chi connectivity index (χ1v) is 8.68. The molecule has 0 atom stereocenters. The van der Waals surface area contributed by atoms with Crippen molar-refractivity contribution in [1.29, 1.82) is 0 Å². The number of thiophene rings is 1. The van der Waals surface area contributed by atoms with Crippen molar-refractivity contribution in [2.45, 2.75) is 11.8 Å². The van der Waals surface area contributed by atoms with E-state index in [1.165, 1.54) is 21.8 Å². The van der Waals surface area contributed by atoms with Crippen LogP contribution in [0.2, 0.25) is 0 Å². The van der Waals surface area contributed by atoms with Crippen LogP contribution in [-0.4, -0.2) is 30.8 Å². The minimum atomic E-state index is -0.459. The van der Waals surface area contributed by atoms with Crippen molar-refractivity contribution in [2.75, 3.05) is 18.9 Å². The molecule has 0 spiro atoms. The van der Waals surface area contributed by atoms with Gasteiger partial charge in [-0.05, 0) is 30.5 Å². The second kappa shape index (κ2) is 8.60. The molecule has 0 saturated heterocycles. The SMILES string of the molecule is Cc1ccc(SCCNC(=O)COC(=O)c2cccs2)cc1. The lowest BCUT2D eigenvalue weighted by Crippen LogP contribution is -2.30. The Kier molecular flexibility index (Phi) is 6.48. The first-order valence-electron chi connectivity index (χ1n) is 6.82. The molecule has 1 heterocycles. The minimum absolute atomic E-state index is 0.244. The molecule has 2 aromatic rings. The number of thioether (sulfide) groups is 1. The molecule has 2 rings (SSSR count). The van der Waals surface area contributed by atoms with Gasteiger partial charge in [0.15, 0.2) is 6.61 Å². The molecule has 0 radical (unpaired) electrons. The Bertz CT molecular complexity index is 609. The molecular formula is C16H17NO3S2. The lowest BCUT2D eigenvalue weighted by Gasteiger charge is -2.06. The Morgan fingerprint density at radius 2 is 2.00 bits per heavy atom. The molecule has 22 heavy (non-hydrogen) atoms. The number of hydrogen-bond donors (Lipinski definition) is 1. The number of aryl methyl sites for hydroxylation is 1. The Morgan fingerprint density at radius 1 is 1.23 bits per heavy atom.